The Morgan fingerprint density at radius 2 is 1.34 bits per heavy atom. The third-order valence-corrected chi connectivity index (χ3v) is 7.25. The lowest BCUT2D eigenvalue weighted by Gasteiger charge is -2.31. The summed E-state index contributed by atoms with van der Waals surface area (Å²) in [4.78, 5) is -0.595. The first-order chi connectivity index (χ1) is 16.8. The van der Waals surface area contributed by atoms with E-state index in [-0.39, 0.29) is 6.42 Å². The van der Waals surface area contributed by atoms with E-state index in [1.807, 2.05) is 72.8 Å². The molecule has 0 amide bonds. The molecule has 4 rings (SSSR count). The number of thioether (sulfide) groups is 1. The van der Waals surface area contributed by atoms with E-state index in [4.69, 9.17) is 13.8 Å². The molecule has 0 saturated carbocycles. The predicted molar refractivity (Wildman–Crippen MR) is 127 cm³/mol. The number of methoxy groups -OCH3 is 2. The zero-order valence-electron chi connectivity index (χ0n) is 19.3. The highest BCUT2D eigenvalue weighted by Gasteiger charge is 2.48. The number of rotatable bonds is 9. The van der Waals surface area contributed by atoms with Gasteiger partial charge in [-0.15, -0.1) is 0 Å². The minimum Gasteiger partial charge on any atom is -0.497 e. The van der Waals surface area contributed by atoms with Crippen LogP contribution in [-0.4, -0.2) is 19.2 Å². The van der Waals surface area contributed by atoms with E-state index in [1.54, 1.807) is 32.4 Å². The molecule has 182 valence electrons. The van der Waals surface area contributed by atoms with E-state index < -0.39 is 15.2 Å². The zero-order valence-corrected chi connectivity index (χ0v) is 20.9. The number of halogens is 1. The van der Waals surface area contributed by atoms with E-state index in [2.05, 4.69) is 0 Å². The lowest BCUT2D eigenvalue weighted by atomic mass is 9.98. The standard InChI is InChI=1S/C27H25ClO6S/c1-32-24-12-8-20(9-13-24)16-26-17-23(22-6-4-3-5-7-22)19-27(35-26,34-28(29,30)31)18-21-10-14-25(33-2)15-11-21/h3-15,17,19H,16,18H2,1-2H3. The van der Waals surface area contributed by atoms with Gasteiger partial charge in [0.2, 0.25) is 0 Å². The van der Waals surface area contributed by atoms with Crippen LogP contribution in [0.4, 0.5) is 0 Å². The van der Waals surface area contributed by atoms with E-state index in [9.17, 15) is 14.0 Å². The molecule has 0 aromatic heterocycles. The van der Waals surface area contributed by atoms with Crippen molar-refractivity contribution in [3.8, 4) is 11.5 Å². The van der Waals surface area contributed by atoms with Crippen molar-refractivity contribution in [1.82, 2.24) is 0 Å². The monoisotopic (exact) mass is 512 g/mol. The molecule has 1 atom stereocenters. The quantitative estimate of drug-likeness (QED) is 0.435. The van der Waals surface area contributed by atoms with Crippen molar-refractivity contribution >= 4 is 17.3 Å². The summed E-state index contributed by atoms with van der Waals surface area (Å²) in [7, 11) is -1.51. The van der Waals surface area contributed by atoms with Gasteiger partial charge in [0.05, 0.1) is 28.8 Å². The Bertz CT molecular complexity index is 1190. The van der Waals surface area contributed by atoms with Gasteiger partial charge in [-0.25, -0.2) is 0 Å². The summed E-state index contributed by atoms with van der Waals surface area (Å²) in [5.74, 6) is 1.42. The van der Waals surface area contributed by atoms with Crippen molar-refractivity contribution in [1.29, 1.82) is 0 Å². The van der Waals surface area contributed by atoms with Gasteiger partial charge in [0, 0.05) is 12.8 Å². The third kappa shape index (κ3) is 6.89. The fraction of sp³-hybridized carbons (Fsp3) is 0.185. The molecule has 0 radical (unpaired) electrons. The van der Waals surface area contributed by atoms with Gasteiger partial charge in [0.1, 0.15) is 11.5 Å². The maximum absolute atomic E-state index is 11.9. The molecular formula is C27H25ClO6S. The van der Waals surface area contributed by atoms with Gasteiger partial charge >= 0.3 is 0 Å². The molecule has 1 heterocycles. The summed E-state index contributed by atoms with van der Waals surface area (Å²) in [6, 6.07) is 24.5. The number of hydrogen-bond donors (Lipinski definition) is 0. The fourth-order valence-corrected chi connectivity index (χ4v) is 5.97. The summed E-state index contributed by atoms with van der Waals surface area (Å²) >= 11 is 1.23. The van der Waals surface area contributed by atoms with Gasteiger partial charge in [-0.2, -0.15) is 14.0 Å². The van der Waals surface area contributed by atoms with E-state index >= 15 is 0 Å². The van der Waals surface area contributed by atoms with Crippen molar-refractivity contribution in [2.24, 2.45) is 0 Å². The Kier molecular flexibility index (Phi) is 7.86. The average Bonchev–Trinajstić information content (AvgIpc) is 2.84. The lowest BCUT2D eigenvalue weighted by molar-refractivity contribution is -1.92. The molecule has 0 saturated heterocycles. The Balaban J connectivity index is 1.74. The van der Waals surface area contributed by atoms with Gasteiger partial charge in [-0.05, 0) is 63.6 Å². The first-order valence-corrected chi connectivity index (χ1v) is 12.9. The molecule has 1 aliphatic heterocycles. The Labute approximate surface area is 211 Å². The molecule has 1 unspecified atom stereocenters. The summed E-state index contributed by atoms with van der Waals surface area (Å²) in [6.45, 7) is 0. The zero-order chi connectivity index (χ0) is 24.9. The van der Waals surface area contributed by atoms with Gasteiger partial charge in [-0.3, -0.25) is 0 Å². The largest absolute Gasteiger partial charge is 0.497 e. The van der Waals surface area contributed by atoms with Crippen LogP contribution in [0.2, 0.25) is 0 Å². The van der Waals surface area contributed by atoms with Crippen LogP contribution in [0.15, 0.2) is 95.9 Å². The summed E-state index contributed by atoms with van der Waals surface area (Å²) in [5.41, 5.74) is 3.48. The van der Waals surface area contributed by atoms with Crippen LogP contribution in [0.3, 0.4) is 0 Å². The van der Waals surface area contributed by atoms with Crippen molar-refractivity contribution in [2.75, 3.05) is 14.2 Å². The molecule has 0 bridgehead atoms. The smallest absolute Gasteiger partial charge is 0.296 e. The molecule has 8 heteroatoms. The Morgan fingerprint density at radius 1 is 0.771 bits per heavy atom. The lowest BCUT2D eigenvalue weighted by Crippen LogP contribution is -2.64. The number of benzene rings is 3. The summed E-state index contributed by atoms with van der Waals surface area (Å²) in [6.07, 6.45) is 4.42. The van der Waals surface area contributed by atoms with Crippen LogP contribution in [0.25, 0.3) is 5.57 Å². The molecule has 3 aromatic rings. The molecule has 6 nitrogen and oxygen atoms in total. The summed E-state index contributed by atoms with van der Waals surface area (Å²) in [5, 5.41) is 0. The van der Waals surface area contributed by atoms with Crippen molar-refractivity contribution in [2.45, 2.75) is 17.8 Å². The first kappa shape index (κ1) is 25.3. The molecule has 0 N–H and O–H groups in total. The van der Waals surface area contributed by atoms with Crippen molar-refractivity contribution in [3.05, 3.63) is 113 Å². The SMILES string of the molecule is COc1ccc(CC2=CC(c3ccccc3)=CC(Cc3ccc(OC)cc3)(O[Cl+3]([O-])([O-])[O-])S2)cc1. The molecular weight excluding hydrogens is 488 g/mol. The normalized spacial score (nSPS) is 18.0. The molecule has 0 aliphatic carbocycles. The highest BCUT2D eigenvalue weighted by atomic mass is 35.7. The topological polar surface area (TPSA) is 96.9 Å². The predicted octanol–water partition coefficient (Wildman–Crippen LogP) is 2.81. The van der Waals surface area contributed by atoms with Crippen LogP contribution in [0.5, 0.6) is 11.5 Å². The first-order valence-electron chi connectivity index (χ1n) is 10.8. The Hall–Kier alpha value is -2.78. The molecule has 0 spiro atoms. The van der Waals surface area contributed by atoms with Crippen LogP contribution in [0, 0.1) is 10.2 Å². The summed E-state index contributed by atoms with van der Waals surface area (Å²) < 4.78 is 51.4. The van der Waals surface area contributed by atoms with Crippen LogP contribution in [-0.2, 0) is 17.1 Å². The fourth-order valence-electron chi connectivity index (χ4n) is 3.90. The molecule has 3 aromatic carbocycles. The van der Waals surface area contributed by atoms with Gasteiger partial charge in [0.15, 0.2) is 0 Å². The molecule has 1 aliphatic rings. The minimum atomic E-state index is -4.70. The molecule has 0 fully saturated rings. The van der Waals surface area contributed by atoms with E-state index in [0.29, 0.717) is 12.2 Å². The highest BCUT2D eigenvalue weighted by Crippen LogP contribution is 2.46. The van der Waals surface area contributed by atoms with Gasteiger partial charge < -0.3 is 9.47 Å². The van der Waals surface area contributed by atoms with Crippen LogP contribution >= 0.6 is 11.8 Å². The van der Waals surface area contributed by atoms with E-state index in [0.717, 1.165) is 32.9 Å². The second-order valence-corrected chi connectivity index (χ2v) is 10.3. The van der Waals surface area contributed by atoms with Crippen LogP contribution in [0.1, 0.15) is 16.7 Å². The second kappa shape index (κ2) is 10.9. The van der Waals surface area contributed by atoms with Crippen LogP contribution < -0.4 is 23.5 Å². The van der Waals surface area contributed by atoms with Crippen molar-refractivity contribution < 1.29 is 38.0 Å². The van der Waals surface area contributed by atoms with Gasteiger partial charge in [-0.1, -0.05) is 66.4 Å². The maximum atomic E-state index is 11.9. The number of hydrogen-bond acceptors (Lipinski definition) is 7. The average molecular weight is 513 g/mol. The maximum Gasteiger partial charge on any atom is 0.296 e. The number of ether oxygens (including phenoxy) is 2. The highest BCUT2D eigenvalue weighted by molar-refractivity contribution is 8.04. The van der Waals surface area contributed by atoms with Crippen molar-refractivity contribution in [3.63, 3.8) is 0 Å². The Morgan fingerprint density at radius 3 is 1.89 bits per heavy atom. The minimum absolute atomic E-state index is 0.159. The third-order valence-electron chi connectivity index (χ3n) is 5.47. The number of allylic oxidation sites excluding steroid dienone is 3. The van der Waals surface area contributed by atoms with Gasteiger partial charge in [0.25, 0.3) is 4.93 Å². The second-order valence-electron chi connectivity index (χ2n) is 8.00. The van der Waals surface area contributed by atoms with E-state index in [1.165, 1.54) is 11.8 Å². The molecule has 35 heavy (non-hydrogen) atoms.